The highest BCUT2D eigenvalue weighted by Crippen LogP contribution is 2.29. The van der Waals surface area contributed by atoms with Gasteiger partial charge in [0, 0.05) is 18.7 Å². The molecule has 0 spiro atoms. The number of carbonyl (C=O) groups is 1. The monoisotopic (exact) mass is 452 g/mol. The largest absolute Gasteiger partial charge is 0.492 e. The van der Waals surface area contributed by atoms with Crippen molar-refractivity contribution in [2.45, 2.75) is 25.2 Å². The van der Waals surface area contributed by atoms with Gasteiger partial charge in [-0.05, 0) is 42.7 Å². The number of nitrogens with one attached hydrogen (secondary N) is 2. The van der Waals surface area contributed by atoms with Crippen LogP contribution in [-0.2, 0) is 14.8 Å². The number of benzene rings is 3. The Kier molecular flexibility index (Phi) is 8.03. The second kappa shape index (κ2) is 10.9. The van der Waals surface area contributed by atoms with Crippen LogP contribution in [0.5, 0.6) is 5.75 Å². The zero-order valence-electron chi connectivity index (χ0n) is 18.3. The summed E-state index contributed by atoms with van der Waals surface area (Å²) in [5, 5.41) is 2.72. The van der Waals surface area contributed by atoms with E-state index in [0.717, 1.165) is 16.7 Å². The van der Waals surface area contributed by atoms with Crippen LogP contribution in [0.15, 0.2) is 77.7 Å². The maximum atomic E-state index is 12.5. The van der Waals surface area contributed by atoms with Crippen LogP contribution < -0.4 is 14.8 Å². The lowest BCUT2D eigenvalue weighted by Crippen LogP contribution is -2.35. The lowest BCUT2D eigenvalue weighted by Gasteiger charge is -2.12. The topological polar surface area (TPSA) is 84.5 Å². The molecule has 0 aliphatic rings. The van der Waals surface area contributed by atoms with E-state index in [2.05, 4.69) is 10.0 Å². The van der Waals surface area contributed by atoms with Crippen LogP contribution in [0.1, 0.15) is 17.5 Å². The van der Waals surface area contributed by atoms with Crippen molar-refractivity contribution in [3.05, 3.63) is 83.9 Å². The highest BCUT2D eigenvalue weighted by atomic mass is 32.2. The van der Waals surface area contributed by atoms with Gasteiger partial charge in [-0.3, -0.25) is 4.79 Å². The second-order valence-corrected chi connectivity index (χ2v) is 9.21. The molecule has 0 unspecified atom stereocenters. The van der Waals surface area contributed by atoms with Crippen LogP contribution in [0.4, 0.5) is 0 Å². The van der Waals surface area contributed by atoms with Crippen molar-refractivity contribution in [2.24, 2.45) is 0 Å². The predicted molar refractivity (Wildman–Crippen MR) is 126 cm³/mol. The SMILES string of the molecule is Cc1ccc(C)c(S(=O)(=O)NCCNC(=O)CCOc2ccccc2-c2ccccc2)c1. The fraction of sp³-hybridized carbons (Fsp3) is 0.240. The van der Waals surface area contributed by atoms with Gasteiger partial charge in [0.1, 0.15) is 5.75 Å². The Morgan fingerprint density at radius 3 is 2.41 bits per heavy atom. The summed E-state index contributed by atoms with van der Waals surface area (Å²) in [5.74, 6) is 0.515. The van der Waals surface area contributed by atoms with Crippen molar-refractivity contribution >= 4 is 15.9 Å². The molecule has 0 saturated carbocycles. The summed E-state index contributed by atoms with van der Waals surface area (Å²) in [7, 11) is -3.62. The predicted octanol–water partition coefficient (Wildman–Crippen LogP) is 3.83. The molecule has 7 heteroatoms. The smallest absolute Gasteiger partial charge is 0.240 e. The summed E-state index contributed by atoms with van der Waals surface area (Å²) in [6, 6.07) is 22.9. The molecule has 32 heavy (non-hydrogen) atoms. The van der Waals surface area contributed by atoms with E-state index in [4.69, 9.17) is 4.74 Å². The van der Waals surface area contributed by atoms with Gasteiger partial charge in [0.2, 0.25) is 15.9 Å². The van der Waals surface area contributed by atoms with Gasteiger partial charge < -0.3 is 10.1 Å². The van der Waals surface area contributed by atoms with Gasteiger partial charge in [0.25, 0.3) is 0 Å². The van der Waals surface area contributed by atoms with Gasteiger partial charge in [-0.25, -0.2) is 13.1 Å². The first-order valence-corrected chi connectivity index (χ1v) is 12.0. The molecule has 0 atom stereocenters. The zero-order valence-corrected chi connectivity index (χ0v) is 19.1. The molecule has 3 aromatic rings. The highest BCUT2D eigenvalue weighted by Gasteiger charge is 2.16. The number of rotatable bonds is 10. The minimum atomic E-state index is -3.62. The molecule has 3 aromatic carbocycles. The first-order chi connectivity index (χ1) is 15.4. The zero-order chi connectivity index (χ0) is 23.0. The first-order valence-electron chi connectivity index (χ1n) is 10.5. The summed E-state index contributed by atoms with van der Waals surface area (Å²) in [6.45, 7) is 4.14. The Morgan fingerprint density at radius 2 is 1.62 bits per heavy atom. The molecule has 0 aromatic heterocycles. The number of hydrogen-bond donors (Lipinski definition) is 2. The van der Waals surface area contributed by atoms with E-state index in [0.29, 0.717) is 11.3 Å². The van der Waals surface area contributed by atoms with E-state index < -0.39 is 10.0 Å². The van der Waals surface area contributed by atoms with E-state index in [9.17, 15) is 13.2 Å². The molecule has 3 rings (SSSR count). The van der Waals surface area contributed by atoms with Crippen LogP contribution in [0.25, 0.3) is 11.1 Å². The summed E-state index contributed by atoms with van der Waals surface area (Å²) >= 11 is 0. The van der Waals surface area contributed by atoms with Crippen molar-refractivity contribution in [1.82, 2.24) is 10.0 Å². The molecule has 6 nitrogen and oxygen atoms in total. The molecule has 0 radical (unpaired) electrons. The third-order valence-electron chi connectivity index (χ3n) is 4.93. The maximum Gasteiger partial charge on any atom is 0.240 e. The first kappa shape index (κ1) is 23.5. The molecule has 2 N–H and O–H groups in total. The van der Waals surface area contributed by atoms with Crippen LogP contribution in [0.3, 0.4) is 0 Å². The second-order valence-electron chi connectivity index (χ2n) is 7.48. The molecule has 0 fully saturated rings. The van der Waals surface area contributed by atoms with Crippen molar-refractivity contribution in [3.63, 3.8) is 0 Å². The van der Waals surface area contributed by atoms with Gasteiger partial charge in [-0.15, -0.1) is 0 Å². The Morgan fingerprint density at radius 1 is 0.906 bits per heavy atom. The number of ether oxygens (including phenoxy) is 1. The summed E-state index contributed by atoms with van der Waals surface area (Å²) in [5.41, 5.74) is 3.57. The fourth-order valence-corrected chi connectivity index (χ4v) is 4.61. The van der Waals surface area contributed by atoms with Crippen molar-refractivity contribution in [1.29, 1.82) is 0 Å². The van der Waals surface area contributed by atoms with E-state index in [-0.39, 0.29) is 36.9 Å². The minimum absolute atomic E-state index is 0.110. The average Bonchev–Trinajstić information content (AvgIpc) is 2.79. The number of sulfonamides is 1. The third kappa shape index (κ3) is 6.42. The number of aryl methyl sites for hydroxylation is 2. The molecule has 1 amide bonds. The molecule has 0 bridgehead atoms. The average molecular weight is 453 g/mol. The van der Waals surface area contributed by atoms with Crippen LogP contribution in [0.2, 0.25) is 0 Å². The third-order valence-corrected chi connectivity index (χ3v) is 6.53. The lowest BCUT2D eigenvalue weighted by molar-refractivity contribution is -0.121. The van der Waals surface area contributed by atoms with Crippen LogP contribution >= 0.6 is 0 Å². The molecular weight excluding hydrogens is 424 g/mol. The number of carbonyl (C=O) groups excluding carboxylic acids is 1. The van der Waals surface area contributed by atoms with Gasteiger partial charge in [0.15, 0.2) is 0 Å². The molecule has 0 aliphatic heterocycles. The number of hydrogen-bond acceptors (Lipinski definition) is 4. The van der Waals surface area contributed by atoms with Crippen molar-refractivity contribution in [3.8, 4) is 16.9 Å². The van der Waals surface area contributed by atoms with E-state index in [1.165, 1.54) is 0 Å². The van der Waals surface area contributed by atoms with Gasteiger partial charge in [0.05, 0.1) is 17.9 Å². The van der Waals surface area contributed by atoms with Crippen molar-refractivity contribution < 1.29 is 17.9 Å². The molecular formula is C25H28N2O4S. The molecule has 168 valence electrons. The highest BCUT2D eigenvalue weighted by molar-refractivity contribution is 7.89. The van der Waals surface area contributed by atoms with Gasteiger partial charge in [-0.1, -0.05) is 60.7 Å². The Hall–Kier alpha value is -3.16. The molecule has 0 saturated heterocycles. The fourth-order valence-electron chi connectivity index (χ4n) is 3.25. The summed E-state index contributed by atoms with van der Waals surface area (Å²) < 4.78 is 33.3. The summed E-state index contributed by atoms with van der Waals surface area (Å²) in [6.07, 6.45) is 0.173. The van der Waals surface area contributed by atoms with E-state index in [1.807, 2.05) is 67.6 Å². The van der Waals surface area contributed by atoms with Crippen LogP contribution in [0, 0.1) is 13.8 Å². The van der Waals surface area contributed by atoms with Crippen LogP contribution in [-0.4, -0.2) is 34.0 Å². The molecule has 0 aliphatic carbocycles. The van der Waals surface area contributed by atoms with Gasteiger partial charge >= 0.3 is 0 Å². The molecule has 0 heterocycles. The Labute approximate surface area is 189 Å². The normalized spacial score (nSPS) is 11.2. The summed E-state index contributed by atoms with van der Waals surface area (Å²) in [4.78, 5) is 12.4. The van der Waals surface area contributed by atoms with E-state index >= 15 is 0 Å². The number of para-hydroxylation sites is 1. The standard InChI is InChI=1S/C25H28N2O4S/c1-19-12-13-20(2)24(18-19)32(29,30)27-16-15-26-25(28)14-17-31-23-11-7-6-10-22(23)21-8-4-3-5-9-21/h3-13,18,27H,14-17H2,1-2H3,(H,26,28). The van der Waals surface area contributed by atoms with Crippen molar-refractivity contribution in [2.75, 3.05) is 19.7 Å². The maximum absolute atomic E-state index is 12.5. The minimum Gasteiger partial charge on any atom is -0.492 e. The Bertz CT molecular complexity index is 1160. The quantitative estimate of drug-likeness (QED) is 0.458. The van der Waals surface area contributed by atoms with Gasteiger partial charge in [-0.2, -0.15) is 0 Å². The number of amides is 1. The Balaban J connectivity index is 1.43. The van der Waals surface area contributed by atoms with E-state index in [1.54, 1.807) is 19.1 Å². The lowest BCUT2D eigenvalue weighted by atomic mass is 10.1.